The van der Waals surface area contributed by atoms with Crippen LogP contribution in [0.15, 0.2) is 11.6 Å². The van der Waals surface area contributed by atoms with Gasteiger partial charge in [-0.15, -0.1) is 0 Å². The quantitative estimate of drug-likeness (QED) is 0.628. The van der Waals surface area contributed by atoms with Crippen molar-refractivity contribution in [3.63, 3.8) is 0 Å². The molecule has 0 aromatic heterocycles. The molecule has 0 N–H and O–H groups in total. The lowest BCUT2D eigenvalue weighted by atomic mass is 10.1. The van der Waals surface area contributed by atoms with Crippen LogP contribution in [-0.4, -0.2) is 12.0 Å². The third kappa shape index (κ3) is 5.44. The predicted molar refractivity (Wildman–Crippen MR) is 44.3 cm³/mol. The van der Waals surface area contributed by atoms with Crippen LogP contribution in [0.5, 0.6) is 0 Å². The van der Waals surface area contributed by atoms with Crippen LogP contribution in [0.25, 0.3) is 0 Å². The van der Waals surface area contributed by atoms with E-state index in [1.165, 1.54) is 0 Å². The van der Waals surface area contributed by atoms with Gasteiger partial charge in [-0.2, -0.15) is 13.2 Å². The van der Waals surface area contributed by atoms with Gasteiger partial charge in [-0.25, -0.2) is 0 Å². The molecule has 0 rings (SSSR count). The van der Waals surface area contributed by atoms with Crippen LogP contribution in [0.1, 0.15) is 33.1 Å². The maximum Gasteiger partial charge on any atom is 0.412 e. The second-order valence-electron chi connectivity index (χ2n) is 2.89. The molecular weight excluding hydrogens is 181 g/mol. The van der Waals surface area contributed by atoms with E-state index in [0.29, 0.717) is 12.5 Å². The second kappa shape index (κ2) is 5.04. The van der Waals surface area contributed by atoms with Crippen LogP contribution < -0.4 is 0 Å². The average molecular weight is 194 g/mol. The molecule has 76 valence electrons. The molecule has 0 aliphatic carbocycles. The first kappa shape index (κ1) is 12.2. The van der Waals surface area contributed by atoms with Crippen molar-refractivity contribution in [3.05, 3.63) is 11.6 Å². The summed E-state index contributed by atoms with van der Waals surface area (Å²) in [6, 6.07) is 0. The Morgan fingerprint density at radius 1 is 1.38 bits per heavy atom. The van der Waals surface area contributed by atoms with Crippen molar-refractivity contribution in [2.75, 3.05) is 0 Å². The van der Waals surface area contributed by atoms with Gasteiger partial charge in [0.1, 0.15) is 0 Å². The molecule has 4 heteroatoms. The Balaban J connectivity index is 4.15. The highest BCUT2D eigenvalue weighted by Gasteiger charge is 2.30. The van der Waals surface area contributed by atoms with E-state index in [-0.39, 0.29) is 6.42 Å². The minimum absolute atomic E-state index is 0.198. The third-order valence-electron chi connectivity index (χ3n) is 1.60. The maximum atomic E-state index is 11.9. The molecule has 0 aliphatic heterocycles. The minimum Gasteiger partial charge on any atom is -0.295 e. The third-order valence-corrected chi connectivity index (χ3v) is 1.60. The SMILES string of the molecule is CCCCC(=O)/C=C(/C)C(F)(F)F. The van der Waals surface area contributed by atoms with Crippen LogP contribution in [0, 0.1) is 0 Å². The zero-order valence-corrected chi connectivity index (χ0v) is 7.74. The smallest absolute Gasteiger partial charge is 0.295 e. The zero-order chi connectivity index (χ0) is 10.5. The zero-order valence-electron chi connectivity index (χ0n) is 7.74. The van der Waals surface area contributed by atoms with E-state index in [9.17, 15) is 18.0 Å². The first-order valence-electron chi connectivity index (χ1n) is 4.16. The fourth-order valence-electron chi connectivity index (χ4n) is 0.746. The Labute approximate surface area is 75.6 Å². The number of hydrogen-bond donors (Lipinski definition) is 0. The Bertz CT molecular complexity index is 203. The first-order chi connectivity index (χ1) is 5.88. The summed E-state index contributed by atoms with van der Waals surface area (Å²) in [6.07, 6.45) is -2.05. The molecule has 13 heavy (non-hydrogen) atoms. The summed E-state index contributed by atoms with van der Waals surface area (Å²) in [4.78, 5) is 10.9. The van der Waals surface area contributed by atoms with E-state index in [1.807, 2.05) is 6.92 Å². The highest BCUT2D eigenvalue weighted by molar-refractivity contribution is 5.90. The number of unbranched alkanes of at least 4 members (excludes halogenated alkanes) is 1. The molecule has 0 saturated heterocycles. The van der Waals surface area contributed by atoms with Crippen LogP contribution >= 0.6 is 0 Å². The summed E-state index contributed by atoms with van der Waals surface area (Å²) in [5, 5.41) is 0. The van der Waals surface area contributed by atoms with Gasteiger partial charge in [0.05, 0.1) is 0 Å². The lowest BCUT2D eigenvalue weighted by Crippen LogP contribution is -2.10. The molecule has 0 atom stereocenters. The Morgan fingerprint density at radius 2 is 1.92 bits per heavy atom. The molecule has 0 aliphatic rings. The molecule has 0 heterocycles. The van der Waals surface area contributed by atoms with Crippen molar-refractivity contribution in [1.82, 2.24) is 0 Å². The van der Waals surface area contributed by atoms with Crippen LogP contribution in [0.2, 0.25) is 0 Å². The summed E-state index contributed by atoms with van der Waals surface area (Å²) in [6.45, 7) is 2.79. The summed E-state index contributed by atoms with van der Waals surface area (Å²) >= 11 is 0. The highest BCUT2D eigenvalue weighted by Crippen LogP contribution is 2.24. The van der Waals surface area contributed by atoms with Gasteiger partial charge >= 0.3 is 6.18 Å². The fraction of sp³-hybridized carbons (Fsp3) is 0.667. The number of ketones is 1. The van der Waals surface area contributed by atoms with Gasteiger partial charge in [-0.3, -0.25) is 4.79 Å². The molecule has 0 fully saturated rings. The van der Waals surface area contributed by atoms with E-state index in [2.05, 4.69) is 0 Å². The minimum atomic E-state index is -4.37. The van der Waals surface area contributed by atoms with E-state index < -0.39 is 17.5 Å². The van der Waals surface area contributed by atoms with Gasteiger partial charge < -0.3 is 0 Å². The van der Waals surface area contributed by atoms with Gasteiger partial charge in [-0.1, -0.05) is 13.3 Å². The lowest BCUT2D eigenvalue weighted by molar-refractivity contribution is -0.116. The Hall–Kier alpha value is -0.800. The number of alkyl halides is 3. The van der Waals surface area contributed by atoms with Crippen LogP contribution in [-0.2, 0) is 4.79 Å². The Kier molecular flexibility index (Phi) is 4.73. The van der Waals surface area contributed by atoms with E-state index in [0.717, 1.165) is 13.3 Å². The monoisotopic (exact) mass is 194 g/mol. The van der Waals surface area contributed by atoms with Crippen molar-refractivity contribution in [3.8, 4) is 0 Å². The Morgan fingerprint density at radius 3 is 2.31 bits per heavy atom. The molecule has 0 aromatic rings. The number of rotatable bonds is 4. The molecule has 0 aromatic carbocycles. The maximum absolute atomic E-state index is 11.9. The average Bonchev–Trinajstić information content (AvgIpc) is 1.99. The van der Waals surface area contributed by atoms with Gasteiger partial charge in [0.2, 0.25) is 0 Å². The van der Waals surface area contributed by atoms with Crippen LogP contribution in [0.4, 0.5) is 13.2 Å². The second-order valence-corrected chi connectivity index (χ2v) is 2.89. The van der Waals surface area contributed by atoms with Crippen molar-refractivity contribution in [2.24, 2.45) is 0 Å². The fourth-order valence-corrected chi connectivity index (χ4v) is 0.746. The number of hydrogen-bond acceptors (Lipinski definition) is 1. The molecule has 0 amide bonds. The normalized spacial score (nSPS) is 13.2. The predicted octanol–water partition coefficient (Wildman–Crippen LogP) is 3.25. The van der Waals surface area contributed by atoms with Gasteiger partial charge in [0.25, 0.3) is 0 Å². The highest BCUT2D eigenvalue weighted by atomic mass is 19.4. The van der Waals surface area contributed by atoms with Crippen LogP contribution in [0.3, 0.4) is 0 Å². The van der Waals surface area contributed by atoms with Gasteiger partial charge in [-0.05, 0) is 19.4 Å². The van der Waals surface area contributed by atoms with Gasteiger partial charge in [0.15, 0.2) is 5.78 Å². The largest absolute Gasteiger partial charge is 0.412 e. The summed E-state index contributed by atoms with van der Waals surface area (Å²) in [7, 11) is 0. The molecule has 0 bridgehead atoms. The lowest BCUT2D eigenvalue weighted by Gasteiger charge is -2.05. The van der Waals surface area contributed by atoms with Crippen molar-refractivity contribution < 1.29 is 18.0 Å². The van der Waals surface area contributed by atoms with Crippen molar-refractivity contribution >= 4 is 5.78 Å². The molecule has 0 radical (unpaired) electrons. The molecule has 0 unspecified atom stereocenters. The van der Waals surface area contributed by atoms with E-state index in [1.54, 1.807) is 0 Å². The summed E-state index contributed by atoms with van der Waals surface area (Å²) in [5.41, 5.74) is -0.825. The van der Waals surface area contributed by atoms with Crippen molar-refractivity contribution in [1.29, 1.82) is 0 Å². The molecule has 0 saturated carbocycles. The van der Waals surface area contributed by atoms with E-state index in [4.69, 9.17) is 0 Å². The summed E-state index contributed by atoms with van der Waals surface area (Å²) < 4.78 is 35.7. The topological polar surface area (TPSA) is 17.1 Å². The van der Waals surface area contributed by atoms with Gasteiger partial charge in [0, 0.05) is 12.0 Å². The van der Waals surface area contributed by atoms with Crippen molar-refractivity contribution in [2.45, 2.75) is 39.3 Å². The molecule has 0 spiro atoms. The van der Waals surface area contributed by atoms with E-state index >= 15 is 0 Å². The summed E-state index contributed by atoms with van der Waals surface area (Å²) in [5.74, 6) is -0.448. The molecular formula is C9H13F3O. The number of carbonyl (C=O) groups excluding carboxylic acids is 1. The number of allylic oxidation sites excluding steroid dienone is 2. The standard InChI is InChI=1S/C9H13F3O/c1-3-4-5-8(13)6-7(2)9(10,11)12/h6H,3-5H2,1-2H3/b7-6-. The number of carbonyl (C=O) groups is 1. The first-order valence-corrected chi connectivity index (χ1v) is 4.16. The molecule has 1 nitrogen and oxygen atoms in total. The number of halogens is 3.